The summed E-state index contributed by atoms with van der Waals surface area (Å²) in [6.45, 7) is 9.36. The number of hydrogen-bond donors (Lipinski definition) is 0. The number of nitrogens with zero attached hydrogens (tertiary/aromatic N) is 2. The van der Waals surface area contributed by atoms with E-state index in [9.17, 15) is 0 Å². The molecule has 0 N–H and O–H groups in total. The molecule has 1 aromatic rings. The molecule has 1 aliphatic heterocycles. The molecule has 1 saturated heterocycles. The molecular formula is C12H16N2O. The Morgan fingerprint density at radius 3 is 2.67 bits per heavy atom. The molecule has 2 rings (SSSR count). The minimum Gasteiger partial charge on any atom is -0.378 e. The highest BCUT2D eigenvalue weighted by Crippen LogP contribution is 2.16. The predicted octanol–water partition coefficient (Wildman–Crippen LogP) is 1.95. The molecule has 3 heteroatoms. The number of pyridine rings is 1. The minimum atomic E-state index is 0.808. The normalized spacial score (nSPS) is 16.5. The number of morpholine rings is 1. The first-order valence-corrected chi connectivity index (χ1v) is 5.22. The zero-order valence-corrected chi connectivity index (χ0v) is 9.07. The lowest BCUT2D eigenvalue weighted by atomic mass is 10.2. The van der Waals surface area contributed by atoms with E-state index in [-0.39, 0.29) is 0 Å². The Hall–Kier alpha value is -1.35. The standard InChI is InChI=1S/C12H16N2O/c1-10(2)12-4-3-11(9-13-12)14-5-7-15-8-6-14/h3-4,9H,1,5-8H2,2H3. The van der Waals surface area contributed by atoms with Gasteiger partial charge in [0.05, 0.1) is 30.8 Å². The fourth-order valence-corrected chi connectivity index (χ4v) is 1.65. The van der Waals surface area contributed by atoms with Crippen molar-refractivity contribution in [1.82, 2.24) is 4.98 Å². The summed E-state index contributed by atoms with van der Waals surface area (Å²) in [4.78, 5) is 6.66. The van der Waals surface area contributed by atoms with Crippen molar-refractivity contribution >= 4 is 11.3 Å². The largest absolute Gasteiger partial charge is 0.378 e. The Balaban J connectivity index is 2.11. The molecule has 2 heterocycles. The fraction of sp³-hybridized carbons (Fsp3) is 0.417. The Morgan fingerprint density at radius 2 is 2.13 bits per heavy atom. The highest BCUT2D eigenvalue weighted by molar-refractivity contribution is 5.59. The van der Waals surface area contributed by atoms with Crippen molar-refractivity contribution in [1.29, 1.82) is 0 Å². The molecule has 0 atom stereocenters. The van der Waals surface area contributed by atoms with Crippen molar-refractivity contribution in [3.8, 4) is 0 Å². The van der Waals surface area contributed by atoms with Crippen LogP contribution in [0.25, 0.3) is 5.57 Å². The van der Waals surface area contributed by atoms with Gasteiger partial charge in [-0.3, -0.25) is 4.98 Å². The molecule has 0 aliphatic carbocycles. The van der Waals surface area contributed by atoms with Gasteiger partial charge in [0.15, 0.2) is 0 Å². The second-order valence-corrected chi connectivity index (χ2v) is 3.78. The van der Waals surface area contributed by atoms with E-state index in [1.54, 1.807) is 0 Å². The van der Waals surface area contributed by atoms with Crippen LogP contribution in [-0.4, -0.2) is 31.3 Å². The molecule has 0 saturated carbocycles. The number of allylic oxidation sites excluding steroid dienone is 1. The number of anilines is 1. The molecule has 0 bridgehead atoms. The summed E-state index contributed by atoms with van der Waals surface area (Å²) < 4.78 is 5.31. The number of rotatable bonds is 2. The second kappa shape index (κ2) is 4.45. The lowest BCUT2D eigenvalue weighted by molar-refractivity contribution is 0.122. The number of aromatic nitrogens is 1. The average Bonchev–Trinajstić information content (AvgIpc) is 2.30. The van der Waals surface area contributed by atoms with Gasteiger partial charge >= 0.3 is 0 Å². The summed E-state index contributed by atoms with van der Waals surface area (Å²) >= 11 is 0. The zero-order chi connectivity index (χ0) is 10.7. The summed E-state index contributed by atoms with van der Waals surface area (Å²) in [7, 11) is 0. The van der Waals surface area contributed by atoms with Gasteiger partial charge in [-0.25, -0.2) is 0 Å². The average molecular weight is 204 g/mol. The molecule has 3 nitrogen and oxygen atoms in total. The molecule has 0 unspecified atom stereocenters. The van der Waals surface area contributed by atoms with Gasteiger partial charge in [-0.1, -0.05) is 6.58 Å². The Labute approximate surface area is 90.4 Å². The van der Waals surface area contributed by atoms with E-state index < -0.39 is 0 Å². The van der Waals surface area contributed by atoms with E-state index in [1.165, 1.54) is 5.69 Å². The van der Waals surface area contributed by atoms with E-state index in [0.717, 1.165) is 37.6 Å². The van der Waals surface area contributed by atoms with Crippen LogP contribution in [0.15, 0.2) is 24.9 Å². The summed E-state index contributed by atoms with van der Waals surface area (Å²) in [6, 6.07) is 4.12. The Kier molecular flexibility index (Phi) is 3.02. The van der Waals surface area contributed by atoms with E-state index in [1.807, 2.05) is 19.2 Å². The number of ether oxygens (including phenoxy) is 1. The zero-order valence-electron chi connectivity index (χ0n) is 9.07. The van der Waals surface area contributed by atoms with Crippen LogP contribution in [0.1, 0.15) is 12.6 Å². The molecule has 1 fully saturated rings. The SMILES string of the molecule is C=C(C)c1ccc(N2CCOCC2)cn1. The highest BCUT2D eigenvalue weighted by atomic mass is 16.5. The first kappa shape index (κ1) is 10.2. The first-order valence-electron chi connectivity index (χ1n) is 5.22. The van der Waals surface area contributed by atoms with Crippen molar-refractivity contribution in [2.24, 2.45) is 0 Å². The highest BCUT2D eigenvalue weighted by Gasteiger charge is 2.11. The number of hydrogen-bond acceptors (Lipinski definition) is 3. The van der Waals surface area contributed by atoms with Gasteiger partial charge in [0.1, 0.15) is 0 Å². The molecule has 80 valence electrons. The van der Waals surface area contributed by atoms with Crippen molar-refractivity contribution in [2.75, 3.05) is 31.2 Å². The maximum Gasteiger partial charge on any atom is 0.0654 e. The summed E-state index contributed by atoms with van der Waals surface area (Å²) in [6.07, 6.45) is 1.91. The molecule has 0 spiro atoms. The van der Waals surface area contributed by atoms with Gasteiger partial charge in [-0.15, -0.1) is 0 Å². The first-order chi connectivity index (χ1) is 7.27. The van der Waals surface area contributed by atoms with Gasteiger partial charge in [0.2, 0.25) is 0 Å². The van der Waals surface area contributed by atoms with Crippen molar-refractivity contribution in [3.63, 3.8) is 0 Å². The summed E-state index contributed by atoms with van der Waals surface area (Å²) in [5, 5.41) is 0. The van der Waals surface area contributed by atoms with Crippen LogP contribution in [0.2, 0.25) is 0 Å². The molecule has 0 radical (unpaired) electrons. The molecular weight excluding hydrogens is 188 g/mol. The van der Waals surface area contributed by atoms with Crippen LogP contribution in [0.5, 0.6) is 0 Å². The van der Waals surface area contributed by atoms with E-state index in [2.05, 4.69) is 22.5 Å². The lowest BCUT2D eigenvalue weighted by Crippen LogP contribution is -2.36. The van der Waals surface area contributed by atoms with Crippen LogP contribution in [-0.2, 0) is 4.74 Å². The van der Waals surface area contributed by atoms with Crippen molar-refractivity contribution in [3.05, 3.63) is 30.6 Å². The summed E-state index contributed by atoms with van der Waals surface area (Å²) in [5.41, 5.74) is 3.14. The molecule has 1 aliphatic rings. The lowest BCUT2D eigenvalue weighted by Gasteiger charge is -2.28. The topological polar surface area (TPSA) is 25.4 Å². The summed E-state index contributed by atoms with van der Waals surface area (Å²) in [5.74, 6) is 0. The van der Waals surface area contributed by atoms with Gasteiger partial charge in [0, 0.05) is 13.1 Å². The molecule has 0 aromatic carbocycles. The molecule has 0 amide bonds. The van der Waals surface area contributed by atoms with Crippen LogP contribution >= 0.6 is 0 Å². The second-order valence-electron chi connectivity index (χ2n) is 3.78. The van der Waals surface area contributed by atoms with Crippen molar-refractivity contribution < 1.29 is 4.74 Å². The monoisotopic (exact) mass is 204 g/mol. The van der Waals surface area contributed by atoms with E-state index in [0.29, 0.717) is 0 Å². The third-order valence-corrected chi connectivity index (χ3v) is 2.56. The van der Waals surface area contributed by atoms with Crippen LogP contribution in [0, 0.1) is 0 Å². The van der Waals surface area contributed by atoms with Gasteiger partial charge in [-0.2, -0.15) is 0 Å². The predicted molar refractivity (Wildman–Crippen MR) is 62.0 cm³/mol. The fourth-order valence-electron chi connectivity index (χ4n) is 1.65. The van der Waals surface area contributed by atoms with Gasteiger partial charge < -0.3 is 9.64 Å². The van der Waals surface area contributed by atoms with E-state index >= 15 is 0 Å². The van der Waals surface area contributed by atoms with Gasteiger partial charge in [-0.05, 0) is 24.6 Å². The van der Waals surface area contributed by atoms with Gasteiger partial charge in [0.25, 0.3) is 0 Å². The molecule has 1 aromatic heterocycles. The minimum absolute atomic E-state index is 0.808. The third-order valence-electron chi connectivity index (χ3n) is 2.56. The quantitative estimate of drug-likeness (QED) is 0.736. The van der Waals surface area contributed by atoms with Crippen LogP contribution in [0.3, 0.4) is 0 Å². The Bertz CT molecular complexity index is 339. The van der Waals surface area contributed by atoms with E-state index in [4.69, 9.17) is 4.74 Å². The molecule has 15 heavy (non-hydrogen) atoms. The third kappa shape index (κ3) is 2.36. The smallest absolute Gasteiger partial charge is 0.0654 e. The van der Waals surface area contributed by atoms with Crippen molar-refractivity contribution in [2.45, 2.75) is 6.92 Å². The maximum absolute atomic E-state index is 5.31. The van der Waals surface area contributed by atoms with Crippen LogP contribution in [0.4, 0.5) is 5.69 Å². The Morgan fingerprint density at radius 1 is 1.40 bits per heavy atom. The maximum atomic E-state index is 5.31. The van der Waals surface area contributed by atoms with Crippen LogP contribution < -0.4 is 4.90 Å².